The fourth-order valence-electron chi connectivity index (χ4n) is 5.59. The lowest BCUT2D eigenvalue weighted by Crippen LogP contribution is -2.47. The SMILES string of the molecule is CS(=O)(=O)N1CCc2c(c(-c3ccccc3C(F)(F)F)nn2CCCN2CCN(c3c(N)cccc3Cl)CC2)C1. The predicted molar refractivity (Wildman–Crippen MR) is 151 cm³/mol. The molecule has 1 aromatic heterocycles. The number of benzene rings is 2. The Hall–Kier alpha value is -2.80. The maximum absolute atomic E-state index is 13.9. The minimum Gasteiger partial charge on any atom is -0.397 e. The van der Waals surface area contributed by atoms with Crippen LogP contribution in [0.4, 0.5) is 24.5 Å². The lowest BCUT2D eigenvalue weighted by atomic mass is 9.98. The van der Waals surface area contributed by atoms with Gasteiger partial charge < -0.3 is 10.6 Å². The number of alkyl halides is 3. The molecule has 2 aromatic carbocycles. The largest absolute Gasteiger partial charge is 0.417 e. The van der Waals surface area contributed by atoms with Crippen LogP contribution in [-0.2, 0) is 35.7 Å². The summed E-state index contributed by atoms with van der Waals surface area (Å²) in [5, 5.41) is 5.28. The molecular weight excluding hydrogens is 565 g/mol. The van der Waals surface area contributed by atoms with Crippen molar-refractivity contribution in [3.05, 3.63) is 64.3 Å². The van der Waals surface area contributed by atoms with Gasteiger partial charge in [-0.2, -0.15) is 22.6 Å². The Morgan fingerprint density at radius 3 is 2.40 bits per heavy atom. The number of aromatic nitrogens is 2. The summed E-state index contributed by atoms with van der Waals surface area (Å²) in [6.07, 6.45) is -2.30. The van der Waals surface area contributed by atoms with Gasteiger partial charge in [0.15, 0.2) is 0 Å². The predicted octanol–water partition coefficient (Wildman–Crippen LogP) is 4.33. The van der Waals surface area contributed by atoms with Crippen molar-refractivity contribution in [1.29, 1.82) is 0 Å². The summed E-state index contributed by atoms with van der Waals surface area (Å²) in [7, 11) is -3.51. The second-order valence-corrected chi connectivity index (χ2v) is 12.6. The molecule has 216 valence electrons. The Morgan fingerprint density at radius 1 is 1.00 bits per heavy atom. The summed E-state index contributed by atoms with van der Waals surface area (Å²) in [6.45, 7) is 4.81. The normalized spacial score (nSPS) is 17.3. The van der Waals surface area contributed by atoms with E-state index in [9.17, 15) is 21.6 Å². The minimum atomic E-state index is -4.56. The van der Waals surface area contributed by atoms with E-state index in [4.69, 9.17) is 17.3 Å². The van der Waals surface area contributed by atoms with Crippen LogP contribution in [0.1, 0.15) is 23.2 Å². The van der Waals surface area contributed by atoms with E-state index in [1.165, 1.54) is 16.4 Å². The van der Waals surface area contributed by atoms with E-state index >= 15 is 0 Å². The molecule has 40 heavy (non-hydrogen) atoms. The molecule has 0 radical (unpaired) electrons. The number of nitrogens with zero attached hydrogens (tertiary/aromatic N) is 5. The molecule has 0 bridgehead atoms. The molecule has 2 aliphatic rings. The van der Waals surface area contributed by atoms with Gasteiger partial charge in [-0.3, -0.25) is 9.58 Å². The van der Waals surface area contributed by atoms with E-state index in [0.29, 0.717) is 29.2 Å². The third-order valence-electron chi connectivity index (χ3n) is 7.61. The van der Waals surface area contributed by atoms with Gasteiger partial charge in [-0.05, 0) is 24.6 Å². The van der Waals surface area contributed by atoms with Crippen molar-refractivity contribution < 1.29 is 21.6 Å². The summed E-state index contributed by atoms with van der Waals surface area (Å²) in [6, 6.07) is 10.8. The van der Waals surface area contributed by atoms with Crippen LogP contribution in [0, 0.1) is 0 Å². The molecular formula is C27H32ClF3N6O2S. The zero-order chi connectivity index (χ0) is 28.7. The third-order valence-corrected chi connectivity index (χ3v) is 9.16. The molecule has 1 saturated heterocycles. The van der Waals surface area contributed by atoms with E-state index in [2.05, 4.69) is 14.9 Å². The number of halogens is 4. The number of sulfonamides is 1. The van der Waals surface area contributed by atoms with E-state index < -0.39 is 21.8 Å². The lowest BCUT2D eigenvalue weighted by Gasteiger charge is -2.37. The fourth-order valence-corrected chi connectivity index (χ4v) is 6.68. The first-order chi connectivity index (χ1) is 18.9. The highest BCUT2D eigenvalue weighted by atomic mass is 35.5. The van der Waals surface area contributed by atoms with Crippen LogP contribution in [0.3, 0.4) is 0 Å². The molecule has 0 aliphatic carbocycles. The van der Waals surface area contributed by atoms with E-state index in [1.54, 1.807) is 10.7 Å². The highest BCUT2D eigenvalue weighted by molar-refractivity contribution is 7.88. The molecule has 2 aliphatic heterocycles. The molecule has 0 saturated carbocycles. The highest BCUT2D eigenvalue weighted by Gasteiger charge is 2.36. The van der Waals surface area contributed by atoms with Gasteiger partial charge in [0.05, 0.1) is 33.9 Å². The molecule has 1 fully saturated rings. The van der Waals surface area contributed by atoms with Gasteiger partial charge in [0.25, 0.3) is 0 Å². The van der Waals surface area contributed by atoms with Crippen molar-refractivity contribution in [2.75, 3.05) is 56.2 Å². The van der Waals surface area contributed by atoms with Gasteiger partial charge in [0.2, 0.25) is 10.0 Å². The summed E-state index contributed by atoms with van der Waals surface area (Å²) >= 11 is 6.38. The molecule has 13 heteroatoms. The second kappa shape index (κ2) is 11.2. The number of hydrogen-bond acceptors (Lipinski definition) is 6. The molecule has 3 aromatic rings. The first-order valence-corrected chi connectivity index (χ1v) is 15.4. The van der Waals surface area contributed by atoms with Gasteiger partial charge >= 0.3 is 6.18 Å². The van der Waals surface area contributed by atoms with Crippen LogP contribution >= 0.6 is 11.6 Å². The van der Waals surface area contributed by atoms with Crippen molar-refractivity contribution in [3.63, 3.8) is 0 Å². The van der Waals surface area contributed by atoms with Crippen molar-refractivity contribution in [1.82, 2.24) is 19.0 Å². The molecule has 0 atom stereocenters. The summed E-state index contributed by atoms with van der Waals surface area (Å²) in [5.74, 6) is 0. The molecule has 5 rings (SSSR count). The van der Waals surface area contributed by atoms with Crippen molar-refractivity contribution in [3.8, 4) is 11.3 Å². The first-order valence-electron chi connectivity index (χ1n) is 13.1. The summed E-state index contributed by atoms with van der Waals surface area (Å²) in [4.78, 5) is 4.53. The van der Waals surface area contributed by atoms with E-state index in [0.717, 1.165) is 62.8 Å². The Bertz CT molecular complexity index is 1470. The number of anilines is 2. The average molecular weight is 597 g/mol. The number of fused-ring (bicyclic) bond motifs is 1. The fraction of sp³-hybridized carbons (Fsp3) is 0.444. The quantitative estimate of drug-likeness (QED) is 0.409. The van der Waals surface area contributed by atoms with Gasteiger partial charge in [0, 0.05) is 75.6 Å². The zero-order valence-electron chi connectivity index (χ0n) is 22.2. The Morgan fingerprint density at radius 2 is 1.73 bits per heavy atom. The molecule has 3 heterocycles. The molecule has 0 unspecified atom stereocenters. The molecule has 2 N–H and O–H groups in total. The zero-order valence-corrected chi connectivity index (χ0v) is 23.7. The van der Waals surface area contributed by atoms with Crippen LogP contribution in [0.2, 0.25) is 5.02 Å². The lowest BCUT2D eigenvalue weighted by molar-refractivity contribution is -0.137. The number of nitrogen functional groups attached to an aromatic ring is 1. The van der Waals surface area contributed by atoms with Crippen LogP contribution in [-0.4, -0.2) is 72.9 Å². The van der Waals surface area contributed by atoms with Gasteiger partial charge in [-0.15, -0.1) is 0 Å². The monoisotopic (exact) mass is 596 g/mol. The average Bonchev–Trinajstić information content (AvgIpc) is 3.26. The Balaban J connectivity index is 1.32. The number of piperazine rings is 1. The topological polar surface area (TPSA) is 87.7 Å². The summed E-state index contributed by atoms with van der Waals surface area (Å²) in [5.41, 5.74) is 8.39. The van der Waals surface area contributed by atoms with Crippen LogP contribution in [0.15, 0.2) is 42.5 Å². The first kappa shape index (κ1) is 28.7. The third kappa shape index (κ3) is 5.95. The maximum atomic E-state index is 13.9. The van der Waals surface area contributed by atoms with E-state index in [-0.39, 0.29) is 24.3 Å². The number of nitrogens with two attached hydrogens (primary N) is 1. The van der Waals surface area contributed by atoms with Crippen LogP contribution in [0.25, 0.3) is 11.3 Å². The van der Waals surface area contributed by atoms with Crippen LogP contribution in [0.5, 0.6) is 0 Å². The highest BCUT2D eigenvalue weighted by Crippen LogP contribution is 2.40. The smallest absolute Gasteiger partial charge is 0.397 e. The minimum absolute atomic E-state index is 0.00281. The second-order valence-electron chi connectivity index (χ2n) is 10.2. The standard InChI is InChI=1S/C27H32ClF3N6O2S/c1-40(38,39)36-13-10-24-20(18-36)25(19-6-2-3-7-21(19)27(29,30)31)33-37(24)12-5-11-34-14-16-35(17-15-34)26-22(28)8-4-9-23(26)32/h2-4,6-9H,5,10-18,32H2,1H3. The molecule has 8 nitrogen and oxygen atoms in total. The molecule has 0 spiro atoms. The number of para-hydroxylation sites is 1. The molecule has 0 amide bonds. The number of hydrogen-bond donors (Lipinski definition) is 1. The van der Waals surface area contributed by atoms with Gasteiger partial charge in [-0.1, -0.05) is 35.9 Å². The van der Waals surface area contributed by atoms with Gasteiger partial charge in [-0.25, -0.2) is 8.42 Å². The van der Waals surface area contributed by atoms with Crippen LogP contribution < -0.4 is 10.6 Å². The van der Waals surface area contributed by atoms with Crippen molar-refractivity contribution in [2.24, 2.45) is 0 Å². The van der Waals surface area contributed by atoms with Crippen molar-refractivity contribution in [2.45, 2.75) is 32.1 Å². The Labute approximate surface area is 237 Å². The maximum Gasteiger partial charge on any atom is 0.417 e. The summed E-state index contributed by atoms with van der Waals surface area (Å²) < 4.78 is 69.2. The number of aryl methyl sites for hydroxylation is 1. The number of rotatable bonds is 7. The van der Waals surface area contributed by atoms with E-state index in [1.807, 2.05) is 18.2 Å². The van der Waals surface area contributed by atoms with Crippen molar-refractivity contribution >= 4 is 33.0 Å². The Kier molecular flexibility index (Phi) is 8.06. The van der Waals surface area contributed by atoms with Gasteiger partial charge in [0.1, 0.15) is 0 Å².